The monoisotopic (exact) mass is 192 g/mol. The van der Waals surface area contributed by atoms with E-state index >= 15 is 0 Å². The fourth-order valence-electron chi connectivity index (χ4n) is 1.50. The number of carbonyl (C=O) groups excluding carboxylic acids is 1. The molecule has 1 amide bonds. The second-order valence-corrected chi connectivity index (χ2v) is 3.20. The molecule has 1 aromatic heterocycles. The van der Waals surface area contributed by atoms with Gasteiger partial charge in [-0.2, -0.15) is 0 Å². The van der Waals surface area contributed by atoms with Crippen molar-refractivity contribution in [3.8, 4) is 0 Å². The molecule has 0 spiro atoms. The predicted molar refractivity (Wildman–Crippen MR) is 50.3 cm³/mol. The molecule has 0 fully saturated rings. The quantitative estimate of drug-likeness (QED) is 0.597. The Hall–Kier alpha value is -1.65. The van der Waals surface area contributed by atoms with Crippen LogP contribution in [0.1, 0.15) is 12.7 Å². The van der Waals surface area contributed by atoms with Gasteiger partial charge in [0.2, 0.25) is 5.91 Å². The van der Waals surface area contributed by atoms with E-state index in [9.17, 15) is 4.79 Å². The summed E-state index contributed by atoms with van der Waals surface area (Å²) < 4.78 is 1.97. The fourth-order valence-corrected chi connectivity index (χ4v) is 1.50. The first-order valence-corrected chi connectivity index (χ1v) is 4.59. The summed E-state index contributed by atoms with van der Waals surface area (Å²) in [4.78, 5) is 13.3. The summed E-state index contributed by atoms with van der Waals surface area (Å²) in [5.41, 5.74) is 0. The van der Waals surface area contributed by atoms with E-state index in [2.05, 4.69) is 10.2 Å². The van der Waals surface area contributed by atoms with Crippen LogP contribution in [0, 0.1) is 0 Å². The number of aromatic nitrogens is 3. The van der Waals surface area contributed by atoms with Crippen molar-refractivity contribution in [2.75, 3.05) is 6.54 Å². The van der Waals surface area contributed by atoms with Crippen molar-refractivity contribution in [2.45, 2.75) is 20.0 Å². The highest BCUT2D eigenvalue weighted by molar-refractivity contribution is 5.87. The Bertz CT molecular complexity index is 369. The van der Waals surface area contributed by atoms with Crippen LogP contribution in [0.15, 0.2) is 18.5 Å². The number of fused-ring (bicyclic) bond motifs is 1. The predicted octanol–water partition coefficient (Wildman–Crippen LogP) is 0.196. The maximum Gasteiger partial charge on any atom is 0.246 e. The summed E-state index contributed by atoms with van der Waals surface area (Å²) in [5, 5.41) is 7.75. The topological polar surface area (TPSA) is 51.0 Å². The fraction of sp³-hybridized carbons (Fsp3) is 0.444. The molecule has 5 heteroatoms. The minimum atomic E-state index is 0.0433. The Balaban J connectivity index is 2.11. The molecule has 5 nitrogen and oxygen atoms in total. The summed E-state index contributed by atoms with van der Waals surface area (Å²) in [6, 6.07) is 0. The van der Waals surface area contributed by atoms with Crippen molar-refractivity contribution in [3.05, 3.63) is 24.3 Å². The number of hydrogen-bond donors (Lipinski definition) is 0. The molecule has 1 aliphatic heterocycles. The van der Waals surface area contributed by atoms with Crippen LogP contribution < -0.4 is 0 Å². The Morgan fingerprint density at radius 1 is 1.57 bits per heavy atom. The van der Waals surface area contributed by atoms with E-state index in [4.69, 9.17) is 0 Å². The van der Waals surface area contributed by atoms with Crippen molar-refractivity contribution in [1.29, 1.82) is 0 Å². The van der Waals surface area contributed by atoms with E-state index in [0.717, 1.165) is 18.9 Å². The van der Waals surface area contributed by atoms with Crippen LogP contribution in [0.5, 0.6) is 0 Å². The summed E-state index contributed by atoms with van der Waals surface area (Å²) >= 11 is 0. The Kier molecular flexibility index (Phi) is 2.30. The number of amides is 1. The van der Waals surface area contributed by atoms with Gasteiger partial charge in [-0.3, -0.25) is 4.79 Å². The van der Waals surface area contributed by atoms with Gasteiger partial charge in [0.25, 0.3) is 0 Å². The van der Waals surface area contributed by atoms with Crippen LogP contribution in [0.2, 0.25) is 0 Å². The summed E-state index contributed by atoms with van der Waals surface area (Å²) in [6.45, 7) is 3.91. The van der Waals surface area contributed by atoms with Crippen molar-refractivity contribution < 1.29 is 4.79 Å². The van der Waals surface area contributed by atoms with E-state index < -0.39 is 0 Å². The zero-order valence-corrected chi connectivity index (χ0v) is 8.05. The van der Waals surface area contributed by atoms with Gasteiger partial charge in [-0.05, 0) is 13.0 Å². The average Bonchev–Trinajstić information content (AvgIpc) is 2.64. The largest absolute Gasteiger partial charge is 0.330 e. The molecular formula is C9H12N4O. The van der Waals surface area contributed by atoms with Gasteiger partial charge >= 0.3 is 0 Å². The first-order valence-electron chi connectivity index (χ1n) is 4.59. The number of carbonyl (C=O) groups is 1. The van der Waals surface area contributed by atoms with E-state index in [1.54, 1.807) is 23.4 Å². The van der Waals surface area contributed by atoms with E-state index in [-0.39, 0.29) is 5.91 Å². The Morgan fingerprint density at radius 3 is 3.21 bits per heavy atom. The van der Waals surface area contributed by atoms with Crippen LogP contribution in [0.3, 0.4) is 0 Å². The summed E-state index contributed by atoms with van der Waals surface area (Å²) in [5.74, 6) is 0.899. The second kappa shape index (κ2) is 3.61. The lowest BCUT2D eigenvalue weighted by Gasteiger charge is -2.25. The molecule has 0 N–H and O–H groups in total. The first-order chi connectivity index (χ1) is 6.81. The molecule has 2 heterocycles. The summed E-state index contributed by atoms with van der Waals surface area (Å²) in [6.07, 6.45) is 5.03. The standard InChI is InChI=1S/C9H12N4O/c1-2-3-9(14)12-4-5-13-7-10-11-8(13)6-12/h2-3,7H,4-6H2,1H3/b3-2+. The van der Waals surface area contributed by atoms with Gasteiger partial charge in [-0.1, -0.05) is 6.08 Å². The molecular weight excluding hydrogens is 180 g/mol. The normalized spacial score (nSPS) is 15.9. The Morgan fingerprint density at radius 2 is 2.43 bits per heavy atom. The number of rotatable bonds is 1. The molecule has 2 rings (SSSR count). The zero-order valence-electron chi connectivity index (χ0n) is 8.05. The van der Waals surface area contributed by atoms with Crippen LogP contribution in [-0.4, -0.2) is 32.1 Å². The van der Waals surface area contributed by atoms with Crippen molar-refractivity contribution in [1.82, 2.24) is 19.7 Å². The van der Waals surface area contributed by atoms with E-state index in [1.165, 1.54) is 0 Å². The molecule has 0 atom stereocenters. The molecule has 0 saturated heterocycles. The lowest BCUT2D eigenvalue weighted by Crippen LogP contribution is -2.37. The van der Waals surface area contributed by atoms with E-state index in [0.29, 0.717) is 6.54 Å². The van der Waals surface area contributed by atoms with Gasteiger partial charge in [-0.15, -0.1) is 10.2 Å². The number of allylic oxidation sites excluding steroid dienone is 1. The third-order valence-electron chi connectivity index (χ3n) is 2.26. The Labute approximate surface area is 82.0 Å². The van der Waals surface area contributed by atoms with Gasteiger partial charge in [0.1, 0.15) is 6.33 Å². The molecule has 0 bridgehead atoms. The molecule has 1 aromatic rings. The van der Waals surface area contributed by atoms with Gasteiger partial charge < -0.3 is 9.47 Å². The lowest BCUT2D eigenvalue weighted by molar-refractivity contribution is -0.127. The minimum absolute atomic E-state index is 0.0433. The smallest absolute Gasteiger partial charge is 0.246 e. The van der Waals surface area contributed by atoms with Gasteiger partial charge in [0, 0.05) is 13.1 Å². The van der Waals surface area contributed by atoms with Crippen LogP contribution >= 0.6 is 0 Å². The second-order valence-electron chi connectivity index (χ2n) is 3.20. The van der Waals surface area contributed by atoms with Crippen LogP contribution in [0.4, 0.5) is 0 Å². The highest BCUT2D eigenvalue weighted by Gasteiger charge is 2.19. The van der Waals surface area contributed by atoms with Crippen molar-refractivity contribution in [3.63, 3.8) is 0 Å². The van der Waals surface area contributed by atoms with Gasteiger partial charge in [-0.25, -0.2) is 0 Å². The van der Waals surface area contributed by atoms with Gasteiger partial charge in [0.15, 0.2) is 5.82 Å². The summed E-state index contributed by atoms with van der Waals surface area (Å²) in [7, 11) is 0. The average molecular weight is 192 g/mol. The maximum absolute atomic E-state index is 11.5. The molecule has 0 unspecified atom stereocenters. The third-order valence-corrected chi connectivity index (χ3v) is 2.26. The lowest BCUT2D eigenvalue weighted by atomic mass is 10.3. The molecule has 0 aromatic carbocycles. The van der Waals surface area contributed by atoms with Crippen LogP contribution in [0.25, 0.3) is 0 Å². The van der Waals surface area contributed by atoms with E-state index in [1.807, 2.05) is 11.5 Å². The zero-order chi connectivity index (χ0) is 9.97. The van der Waals surface area contributed by atoms with Gasteiger partial charge in [0.05, 0.1) is 6.54 Å². The van der Waals surface area contributed by atoms with Crippen molar-refractivity contribution >= 4 is 5.91 Å². The van der Waals surface area contributed by atoms with Crippen LogP contribution in [-0.2, 0) is 17.9 Å². The molecule has 1 aliphatic rings. The molecule has 0 aliphatic carbocycles. The highest BCUT2D eigenvalue weighted by Crippen LogP contribution is 2.09. The number of hydrogen-bond acceptors (Lipinski definition) is 3. The SMILES string of the molecule is C/C=C/C(=O)N1CCn2cnnc2C1. The number of nitrogens with zero attached hydrogens (tertiary/aromatic N) is 4. The molecule has 0 radical (unpaired) electrons. The molecule has 74 valence electrons. The first kappa shape index (κ1) is 8.93. The highest BCUT2D eigenvalue weighted by atomic mass is 16.2. The molecule has 0 saturated carbocycles. The maximum atomic E-state index is 11.5. The van der Waals surface area contributed by atoms with Crippen molar-refractivity contribution in [2.24, 2.45) is 0 Å². The minimum Gasteiger partial charge on any atom is -0.330 e. The third kappa shape index (κ3) is 1.53. The molecule has 14 heavy (non-hydrogen) atoms.